The highest BCUT2D eigenvalue weighted by molar-refractivity contribution is 5.78. The largest absolute Gasteiger partial charge is 0.455 e. The topological polar surface area (TPSA) is 63.2 Å². The highest BCUT2D eigenvalue weighted by atomic mass is 16.8. The molecule has 6 heteroatoms. The fraction of sp³-hybridized carbons (Fsp3) is 0.917. The number of hydrogen-bond donors (Lipinski definition) is 0. The fourth-order valence-electron chi connectivity index (χ4n) is 2.00. The summed E-state index contributed by atoms with van der Waals surface area (Å²) in [5.41, 5.74) is 0. The summed E-state index contributed by atoms with van der Waals surface area (Å²) in [5.74, 6) is -1.88. The van der Waals surface area contributed by atoms with Crippen LogP contribution in [0.25, 0.3) is 0 Å². The summed E-state index contributed by atoms with van der Waals surface area (Å²) in [6.07, 6.45) is -1.53. The van der Waals surface area contributed by atoms with Gasteiger partial charge in [0.05, 0.1) is 6.61 Å². The SMILES string of the molecule is COC(C)(C)OCC1OC(=O)C2OC(C)(C)OC12. The van der Waals surface area contributed by atoms with Crippen LogP contribution in [0.1, 0.15) is 27.7 Å². The van der Waals surface area contributed by atoms with Gasteiger partial charge in [-0.15, -0.1) is 0 Å². The van der Waals surface area contributed by atoms with Crippen molar-refractivity contribution >= 4 is 5.97 Å². The van der Waals surface area contributed by atoms with E-state index in [-0.39, 0.29) is 6.61 Å². The molecular formula is C12H20O6. The van der Waals surface area contributed by atoms with Crippen LogP contribution in [-0.4, -0.2) is 49.6 Å². The van der Waals surface area contributed by atoms with Crippen LogP contribution in [0.5, 0.6) is 0 Å². The van der Waals surface area contributed by atoms with Gasteiger partial charge in [-0.2, -0.15) is 0 Å². The molecule has 2 aliphatic rings. The number of cyclic esters (lactones) is 1. The molecule has 2 saturated heterocycles. The summed E-state index contributed by atoms with van der Waals surface area (Å²) in [6.45, 7) is 7.34. The molecule has 2 heterocycles. The Morgan fingerprint density at radius 2 is 2.00 bits per heavy atom. The zero-order chi connectivity index (χ0) is 13.6. The number of carbonyl (C=O) groups is 1. The minimum absolute atomic E-state index is 0.215. The molecule has 0 aromatic heterocycles. The van der Waals surface area contributed by atoms with Crippen LogP contribution in [0.2, 0.25) is 0 Å². The molecule has 0 amide bonds. The smallest absolute Gasteiger partial charge is 0.338 e. The lowest BCUT2D eigenvalue weighted by Gasteiger charge is -2.26. The molecule has 0 aromatic carbocycles. The van der Waals surface area contributed by atoms with Gasteiger partial charge in [0.15, 0.2) is 23.8 Å². The highest BCUT2D eigenvalue weighted by Crippen LogP contribution is 2.36. The van der Waals surface area contributed by atoms with Crippen LogP contribution in [0, 0.1) is 0 Å². The van der Waals surface area contributed by atoms with Crippen molar-refractivity contribution in [1.82, 2.24) is 0 Å². The van der Waals surface area contributed by atoms with Crippen molar-refractivity contribution in [3.05, 3.63) is 0 Å². The van der Waals surface area contributed by atoms with Crippen molar-refractivity contribution < 1.29 is 28.5 Å². The molecule has 2 fully saturated rings. The maximum absolute atomic E-state index is 11.6. The van der Waals surface area contributed by atoms with Gasteiger partial charge in [-0.1, -0.05) is 0 Å². The molecule has 2 aliphatic heterocycles. The monoisotopic (exact) mass is 260 g/mol. The van der Waals surface area contributed by atoms with Gasteiger partial charge in [0.2, 0.25) is 0 Å². The lowest BCUT2D eigenvalue weighted by atomic mass is 10.1. The summed E-state index contributed by atoms with van der Waals surface area (Å²) >= 11 is 0. The summed E-state index contributed by atoms with van der Waals surface area (Å²) in [7, 11) is 1.56. The Labute approximate surface area is 106 Å². The maximum atomic E-state index is 11.6. The van der Waals surface area contributed by atoms with E-state index < -0.39 is 35.9 Å². The summed E-state index contributed by atoms with van der Waals surface area (Å²) < 4.78 is 27.0. The van der Waals surface area contributed by atoms with E-state index in [4.69, 9.17) is 23.7 Å². The van der Waals surface area contributed by atoms with Gasteiger partial charge in [0.1, 0.15) is 6.10 Å². The zero-order valence-corrected chi connectivity index (χ0v) is 11.4. The Morgan fingerprint density at radius 1 is 1.33 bits per heavy atom. The number of carbonyl (C=O) groups excluding carboxylic acids is 1. The van der Waals surface area contributed by atoms with Gasteiger partial charge < -0.3 is 23.7 Å². The molecular weight excluding hydrogens is 240 g/mol. The first-order chi connectivity index (χ1) is 8.24. The first-order valence-corrected chi connectivity index (χ1v) is 5.99. The molecule has 3 atom stereocenters. The molecule has 0 aromatic rings. The van der Waals surface area contributed by atoms with E-state index in [0.29, 0.717) is 0 Å². The van der Waals surface area contributed by atoms with Crippen LogP contribution in [0.3, 0.4) is 0 Å². The maximum Gasteiger partial charge on any atom is 0.338 e. The molecule has 0 spiro atoms. The van der Waals surface area contributed by atoms with Crippen LogP contribution < -0.4 is 0 Å². The van der Waals surface area contributed by atoms with Crippen molar-refractivity contribution in [2.24, 2.45) is 0 Å². The van der Waals surface area contributed by atoms with Gasteiger partial charge in [0.25, 0.3) is 0 Å². The zero-order valence-electron chi connectivity index (χ0n) is 11.4. The number of ether oxygens (including phenoxy) is 5. The number of hydrogen-bond acceptors (Lipinski definition) is 6. The molecule has 0 radical (unpaired) electrons. The van der Waals surface area contributed by atoms with Gasteiger partial charge >= 0.3 is 5.97 Å². The quantitative estimate of drug-likeness (QED) is 0.551. The predicted molar refractivity (Wildman–Crippen MR) is 60.7 cm³/mol. The van der Waals surface area contributed by atoms with Crippen molar-refractivity contribution in [1.29, 1.82) is 0 Å². The van der Waals surface area contributed by atoms with Gasteiger partial charge in [0, 0.05) is 7.11 Å². The normalized spacial score (nSPS) is 34.5. The van der Waals surface area contributed by atoms with E-state index in [0.717, 1.165) is 0 Å². The third-order valence-electron chi connectivity index (χ3n) is 3.08. The van der Waals surface area contributed by atoms with Crippen LogP contribution in [-0.2, 0) is 28.5 Å². The van der Waals surface area contributed by atoms with E-state index in [1.165, 1.54) is 0 Å². The van der Waals surface area contributed by atoms with E-state index in [1.54, 1.807) is 34.8 Å². The van der Waals surface area contributed by atoms with Crippen LogP contribution in [0.4, 0.5) is 0 Å². The van der Waals surface area contributed by atoms with Gasteiger partial charge in [-0.25, -0.2) is 4.79 Å². The van der Waals surface area contributed by atoms with Crippen molar-refractivity contribution in [3.63, 3.8) is 0 Å². The van der Waals surface area contributed by atoms with Crippen molar-refractivity contribution in [3.8, 4) is 0 Å². The fourth-order valence-corrected chi connectivity index (χ4v) is 2.00. The minimum atomic E-state index is -0.760. The lowest BCUT2D eigenvalue weighted by Crippen LogP contribution is -2.37. The number of rotatable bonds is 4. The Hall–Kier alpha value is -0.690. The van der Waals surface area contributed by atoms with E-state index in [9.17, 15) is 4.79 Å². The second-order valence-electron chi connectivity index (χ2n) is 5.41. The Balaban J connectivity index is 1.97. The van der Waals surface area contributed by atoms with Crippen molar-refractivity contribution in [2.75, 3.05) is 13.7 Å². The molecule has 2 rings (SSSR count). The summed E-state index contributed by atoms with van der Waals surface area (Å²) in [6, 6.07) is 0. The number of methoxy groups -OCH3 is 1. The Morgan fingerprint density at radius 3 is 2.61 bits per heavy atom. The molecule has 6 nitrogen and oxygen atoms in total. The molecule has 0 aliphatic carbocycles. The van der Waals surface area contributed by atoms with E-state index in [2.05, 4.69) is 0 Å². The summed E-state index contributed by atoms with van der Waals surface area (Å²) in [4.78, 5) is 11.6. The third kappa shape index (κ3) is 2.66. The highest BCUT2D eigenvalue weighted by Gasteiger charge is 2.56. The lowest BCUT2D eigenvalue weighted by molar-refractivity contribution is -0.224. The molecule has 0 bridgehead atoms. The van der Waals surface area contributed by atoms with Crippen LogP contribution in [0.15, 0.2) is 0 Å². The molecule has 0 saturated carbocycles. The average molecular weight is 260 g/mol. The molecule has 104 valence electrons. The van der Waals surface area contributed by atoms with Crippen LogP contribution >= 0.6 is 0 Å². The Bertz CT molecular complexity index is 337. The molecule has 18 heavy (non-hydrogen) atoms. The van der Waals surface area contributed by atoms with Crippen molar-refractivity contribution in [2.45, 2.75) is 57.6 Å². The summed E-state index contributed by atoms with van der Waals surface area (Å²) in [5, 5.41) is 0. The number of esters is 1. The van der Waals surface area contributed by atoms with Gasteiger partial charge in [-0.3, -0.25) is 0 Å². The first kappa shape index (κ1) is 13.7. The van der Waals surface area contributed by atoms with Gasteiger partial charge in [-0.05, 0) is 27.7 Å². The average Bonchev–Trinajstić information content (AvgIpc) is 2.72. The standard InChI is InChI=1S/C12H20O6/c1-11(2,14-5)15-6-7-8-9(10(13)16-7)18-12(3,4)17-8/h7-9H,6H2,1-5H3. The number of fused-ring (bicyclic) bond motifs is 1. The second kappa shape index (κ2) is 4.45. The minimum Gasteiger partial charge on any atom is -0.455 e. The first-order valence-electron chi connectivity index (χ1n) is 5.99. The third-order valence-corrected chi connectivity index (χ3v) is 3.08. The molecule has 3 unspecified atom stereocenters. The Kier molecular flexibility index (Phi) is 3.40. The van der Waals surface area contributed by atoms with E-state index >= 15 is 0 Å². The predicted octanol–water partition coefficient (Wildman–Crippen LogP) is 0.831. The second-order valence-corrected chi connectivity index (χ2v) is 5.41. The van der Waals surface area contributed by atoms with E-state index in [1.807, 2.05) is 0 Å². The molecule has 0 N–H and O–H groups in total.